The molecule has 0 aliphatic carbocycles. The summed E-state index contributed by atoms with van der Waals surface area (Å²) in [7, 11) is 0. The van der Waals surface area contributed by atoms with Gasteiger partial charge in [-0.3, -0.25) is 4.79 Å². The summed E-state index contributed by atoms with van der Waals surface area (Å²) in [6.45, 7) is 3.58. The van der Waals surface area contributed by atoms with Crippen LogP contribution < -0.4 is 5.32 Å². The standard InChI is InChI=1S/C18H18BrNO3S/c1-12-3-8-16(24-12)9-10-18(22)23-11-17(21)20-13(2)14-4-6-15(19)7-5-14/h3-10,13H,11H2,1-2H3,(H,20,21)/b10-9+. The lowest BCUT2D eigenvalue weighted by Gasteiger charge is -2.14. The van der Waals surface area contributed by atoms with Crippen LogP contribution in [0.2, 0.25) is 0 Å². The van der Waals surface area contributed by atoms with Crippen LogP contribution in [-0.4, -0.2) is 18.5 Å². The maximum atomic E-state index is 11.9. The van der Waals surface area contributed by atoms with Crippen LogP contribution in [-0.2, 0) is 14.3 Å². The Balaban J connectivity index is 1.76. The molecule has 0 radical (unpaired) electrons. The van der Waals surface area contributed by atoms with Gasteiger partial charge >= 0.3 is 5.97 Å². The second-order valence-corrected chi connectivity index (χ2v) is 7.47. The molecule has 2 aromatic rings. The Morgan fingerprint density at radius 3 is 2.58 bits per heavy atom. The summed E-state index contributed by atoms with van der Waals surface area (Å²) < 4.78 is 5.93. The summed E-state index contributed by atoms with van der Waals surface area (Å²) in [5, 5.41) is 2.79. The van der Waals surface area contributed by atoms with Crippen LogP contribution in [0.1, 0.15) is 28.3 Å². The summed E-state index contributed by atoms with van der Waals surface area (Å²) in [6, 6.07) is 11.4. The van der Waals surface area contributed by atoms with Gasteiger partial charge in [0.25, 0.3) is 5.91 Å². The van der Waals surface area contributed by atoms with Gasteiger partial charge in [-0.05, 0) is 49.8 Å². The first-order valence-corrected chi connectivity index (χ1v) is 9.01. The minimum absolute atomic E-state index is 0.158. The molecule has 1 amide bonds. The molecule has 0 saturated carbocycles. The molecule has 0 aliphatic rings. The Morgan fingerprint density at radius 1 is 1.25 bits per heavy atom. The Hall–Kier alpha value is -1.92. The molecular formula is C18H18BrNO3S. The van der Waals surface area contributed by atoms with Crippen LogP contribution in [0.5, 0.6) is 0 Å². The number of carbonyl (C=O) groups excluding carboxylic acids is 2. The van der Waals surface area contributed by atoms with Gasteiger partial charge < -0.3 is 10.1 Å². The minimum Gasteiger partial charge on any atom is -0.452 e. The van der Waals surface area contributed by atoms with Crippen molar-refractivity contribution >= 4 is 45.2 Å². The van der Waals surface area contributed by atoms with Gasteiger partial charge in [0.1, 0.15) is 0 Å². The quantitative estimate of drug-likeness (QED) is 0.574. The number of amides is 1. The van der Waals surface area contributed by atoms with Gasteiger partial charge in [0.15, 0.2) is 6.61 Å². The van der Waals surface area contributed by atoms with E-state index in [0.717, 1.165) is 14.9 Å². The van der Waals surface area contributed by atoms with E-state index in [1.807, 2.05) is 50.2 Å². The number of thiophene rings is 1. The molecule has 1 aromatic heterocycles. The Morgan fingerprint density at radius 2 is 1.96 bits per heavy atom. The summed E-state index contributed by atoms with van der Waals surface area (Å²) in [4.78, 5) is 25.6. The first-order valence-electron chi connectivity index (χ1n) is 7.40. The molecule has 126 valence electrons. The van der Waals surface area contributed by atoms with E-state index < -0.39 is 5.97 Å². The third kappa shape index (κ3) is 5.94. The Bertz CT molecular complexity index is 737. The molecule has 0 saturated heterocycles. The average molecular weight is 408 g/mol. The molecule has 1 unspecified atom stereocenters. The number of ether oxygens (including phenoxy) is 1. The average Bonchev–Trinajstić information content (AvgIpc) is 2.97. The second kappa shape index (κ2) is 8.80. The molecule has 0 fully saturated rings. The van der Waals surface area contributed by atoms with Crippen LogP contribution in [0, 0.1) is 6.92 Å². The molecule has 1 atom stereocenters. The van der Waals surface area contributed by atoms with Crippen LogP contribution in [0.25, 0.3) is 6.08 Å². The van der Waals surface area contributed by atoms with E-state index in [0.29, 0.717) is 0 Å². The molecule has 0 bridgehead atoms. The highest BCUT2D eigenvalue weighted by molar-refractivity contribution is 9.10. The molecule has 0 spiro atoms. The first kappa shape index (κ1) is 18.4. The number of esters is 1. The molecule has 1 N–H and O–H groups in total. The van der Waals surface area contributed by atoms with Gasteiger partial charge in [-0.15, -0.1) is 11.3 Å². The highest BCUT2D eigenvalue weighted by Crippen LogP contribution is 2.17. The molecule has 24 heavy (non-hydrogen) atoms. The normalized spacial score (nSPS) is 12.1. The fraction of sp³-hybridized carbons (Fsp3) is 0.222. The fourth-order valence-electron chi connectivity index (χ4n) is 2.00. The van der Waals surface area contributed by atoms with Gasteiger partial charge in [-0.2, -0.15) is 0 Å². The number of hydrogen-bond acceptors (Lipinski definition) is 4. The van der Waals surface area contributed by atoms with Crippen molar-refractivity contribution in [3.63, 3.8) is 0 Å². The van der Waals surface area contributed by atoms with E-state index in [4.69, 9.17) is 4.74 Å². The molecule has 0 aliphatic heterocycles. The molecule has 2 rings (SSSR count). The number of carbonyl (C=O) groups is 2. The lowest BCUT2D eigenvalue weighted by atomic mass is 10.1. The zero-order valence-electron chi connectivity index (χ0n) is 13.4. The van der Waals surface area contributed by atoms with Gasteiger partial charge in [0.2, 0.25) is 0 Å². The SMILES string of the molecule is Cc1ccc(/C=C/C(=O)OCC(=O)NC(C)c2ccc(Br)cc2)s1. The van der Waals surface area contributed by atoms with Crippen molar-refractivity contribution in [2.24, 2.45) is 0 Å². The zero-order valence-corrected chi connectivity index (χ0v) is 15.8. The summed E-state index contributed by atoms with van der Waals surface area (Å²) in [5.74, 6) is -0.869. The van der Waals surface area contributed by atoms with E-state index in [9.17, 15) is 9.59 Å². The van der Waals surface area contributed by atoms with Crippen LogP contribution in [0.15, 0.2) is 46.9 Å². The van der Waals surface area contributed by atoms with E-state index in [-0.39, 0.29) is 18.6 Å². The van der Waals surface area contributed by atoms with Gasteiger partial charge in [0, 0.05) is 20.3 Å². The minimum atomic E-state index is -0.535. The number of benzene rings is 1. The van der Waals surface area contributed by atoms with Crippen LogP contribution in [0.4, 0.5) is 0 Å². The third-order valence-corrected chi connectivity index (χ3v) is 4.73. The van der Waals surface area contributed by atoms with E-state index in [1.165, 1.54) is 11.0 Å². The smallest absolute Gasteiger partial charge is 0.331 e. The number of halogens is 1. The van der Waals surface area contributed by atoms with E-state index in [2.05, 4.69) is 21.2 Å². The van der Waals surface area contributed by atoms with Crippen molar-refractivity contribution in [1.82, 2.24) is 5.32 Å². The van der Waals surface area contributed by atoms with Crippen LogP contribution >= 0.6 is 27.3 Å². The lowest BCUT2D eigenvalue weighted by molar-refractivity contribution is -0.144. The van der Waals surface area contributed by atoms with Crippen molar-refractivity contribution in [2.75, 3.05) is 6.61 Å². The molecule has 1 heterocycles. The summed E-state index contributed by atoms with van der Waals surface area (Å²) in [5.41, 5.74) is 0.978. The predicted molar refractivity (Wildman–Crippen MR) is 99.7 cm³/mol. The number of aryl methyl sites for hydroxylation is 1. The monoisotopic (exact) mass is 407 g/mol. The van der Waals surface area contributed by atoms with Crippen molar-refractivity contribution in [3.8, 4) is 0 Å². The second-order valence-electron chi connectivity index (χ2n) is 5.23. The molecule has 1 aromatic carbocycles. The lowest BCUT2D eigenvalue weighted by Crippen LogP contribution is -2.30. The number of nitrogens with one attached hydrogen (secondary N) is 1. The largest absolute Gasteiger partial charge is 0.452 e. The van der Waals surface area contributed by atoms with Crippen LogP contribution in [0.3, 0.4) is 0 Å². The van der Waals surface area contributed by atoms with Gasteiger partial charge in [0.05, 0.1) is 6.04 Å². The van der Waals surface area contributed by atoms with Crippen molar-refractivity contribution in [2.45, 2.75) is 19.9 Å². The third-order valence-electron chi connectivity index (χ3n) is 3.24. The number of hydrogen-bond donors (Lipinski definition) is 1. The first-order chi connectivity index (χ1) is 11.4. The number of rotatable bonds is 6. The highest BCUT2D eigenvalue weighted by atomic mass is 79.9. The van der Waals surface area contributed by atoms with Crippen molar-refractivity contribution in [3.05, 3.63) is 62.3 Å². The maximum Gasteiger partial charge on any atom is 0.331 e. The Labute approximate surface area is 153 Å². The maximum absolute atomic E-state index is 11.9. The van der Waals surface area contributed by atoms with E-state index in [1.54, 1.807) is 17.4 Å². The summed E-state index contributed by atoms with van der Waals surface area (Å²) >= 11 is 4.95. The zero-order chi connectivity index (χ0) is 17.5. The molecular weight excluding hydrogens is 390 g/mol. The fourth-order valence-corrected chi connectivity index (χ4v) is 3.04. The Kier molecular flexibility index (Phi) is 6.75. The molecule has 6 heteroatoms. The predicted octanol–water partition coefficient (Wildman–Crippen LogP) is 4.25. The summed E-state index contributed by atoms with van der Waals surface area (Å²) in [6.07, 6.45) is 3.01. The topological polar surface area (TPSA) is 55.4 Å². The van der Waals surface area contributed by atoms with Crippen molar-refractivity contribution in [1.29, 1.82) is 0 Å². The van der Waals surface area contributed by atoms with Gasteiger partial charge in [-0.1, -0.05) is 28.1 Å². The highest BCUT2D eigenvalue weighted by Gasteiger charge is 2.11. The molecule has 4 nitrogen and oxygen atoms in total. The van der Waals surface area contributed by atoms with E-state index >= 15 is 0 Å². The van der Waals surface area contributed by atoms with Gasteiger partial charge in [-0.25, -0.2) is 4.79 Å². The van der Waals surface area contributed by atoms with Crippen molar-refractivity contribution < 1.29 is 14.3 Å².